The summed E-state index contributed by atoms with van der Waals surface area (Å²) in [7, 11) is 5.67. The van der Waals surface area contributed by atoms with Gasteiger partial charge in [-0.05, 0) is 31.5 Å². The van der Waals surface area contributed by atoms with Crippen LogP contribution in [0.5, 0.6) is 0 Å². The first-order valence-corrected chi connectivity index (χ1v) is 6.26. The molecule has 0 aliphatic carbocycles. The Balaban J connectivity index is 2.56. The fraction of sp³-hybridized carbons (Fsp3) is 0.615. The van der Waals surface area contributed by atoms with Crippen molar-refractivity contribution in [2.75, 3.05) is 44.6 Å². The third-order valence-electron chi connectivity index (χ3n) is 2.70. The molecule has 5 heteroatoms. The molecule has 102 valence electrons. The van der Waals surface area contributed by atoms with E-state index in [1.807, 2.05) is 37.3 Å². The number of pyridine rings is 1. The molecule has 0 bridgehead atoms. The van der Waals surface area contributed by atoms with Crippen molar-refractivity contribution >= 4 is 11.5 Å². The van der Waals surface area contributed by atoms with E-state index < -0.39 is 0 Å². The maximum atomic E-state index is 5.53. The summed E-state index contributed by atoms with van der Waals surface area (Å²) in [5, 5.41) is 3.42. The molecule has 0 saturated heterocycles. The summed E-state index contributed by atoms with van der Waals surface area (Å²) in [5.74, 6) is 0.950. The molecule has 1 heterocycles. The number of anilines is 2. The van der Waals surface area contributed by atoms with Crippen molar-refractivity contribution in [3.63, 3.8) is 0 Å². The smallest absolute Gasteiger partial charge is 0.128 e. The van der Waals surface area contributed by atoms with E-state index in [2.05, 4.69) is 10.3 Å². The van der Waals surface area contributed by atoms with Gasteiger partial charge in [0.25, 0.3) is 0 Å². The molecule has 1 atom stereocenters. The molecule has 5 nitrogen and oxygen atoms in total. The fourth-order valence-electron chi connectivity index (χ4n) is 1.73. The van der Waals surface area contributed by atoms with Crippen molar-refractivity contribution in [3.8, 4) is 0 Å². The van der Waals surface area contributed by atoms with Crippen LogP contribution in [0.4, 0.5) is 11.5 Å². The first-order valence-electron chi connectivity index (χ1n) is 6.26. The molecule has 0 radical (unpaired) electrons. The average Bonchev–Trinajstić information content (AvgIpc) is 2.37. The van der Waals surface area contributed by atoms with Crippen LogP contribution in [0.2, 0.25) is 0 Å². The minimum absolute atomic E-state index is 0.283. The van der Waals surface area contributed by atoms with Gasteiger partial charge in [0.05, 0.1) is 18.5 Å². The van der Waals surface area contributed by atoms with Crippen LogP contribution in [-0.2, 0) is 4.74 Å². The molecular formula is C13H24N4O. The zero-order valence-corrected chi connectivity index (χ0v) is 11.5. The largest absolute Gasteiger partial charge is 0.383 e. The zero-order chi connectivity index (χ0) is 13.4. The Bertz CT molecular complexity index is 326. The van der Waals surface area contributed by atoms with Crippen LogP contribution in [0.15, 0.2) is 18.3 Å². The van der Waals surface area contributed by atoms with Gasteiger partial charge in [-0.1, -0.05) is 0 Å². The molecule has 0 amide bonds. The van der Waals surface area contributed by atoms with Gasteiger partial charge >= 0.3 is 0 Å². The first-order chi connectivity index (χ1) is 8.67. The highest BCUT2D eigenvalue weighted by Crippen LogP contribution is 2.14. The quantitative estimate of drug-likeness (QED) is 0.730. The Morgan fingerprint density at radius 2 is 2.22 bits per heavy atom. The van der Waals surface area contributed by atoms with Crippen molar-refractivity contribution in [3.05, 3.63) is 18.3 Å². The van der Waals surface area contributed by atoms with E-state index in [0.29, 0.717) is 13.2 Å². The number of hydrogen-bond donors (Lipinski definition) is 2. The summed E-state index contributed by atoms with van der Waals surface area (Å²) in [6.45, 7) is 1.38. The third kappa shape index (κ3) is 4.89. The molecule has 0 spiro atoms. The predicted molar refractivity (Wildman–Crippen MR) is 76.1 cm³/mol. The SMILES string of the molecule is COCC(CCCN)Nc1ccc(N(C)C)nc1. The van der Waals surface area contributed by atoms with Crippen molar-refractivity contribution in [2.24, 2.45) is 5.73 Å². The zero-order valence-electron chi connectivity index (χ0n) is 11.5. The van der Waals surface area contributed by atoms with Gasteiger partial charge in [0.2, 0.25) is 0 Å². The van der Waals surface area contributed by atoms with Crippen molar-refractivity contribution in [1.82, 2.24) is 4.98 Å². The van der Waals surface area contributed by atoms with Crippen molar-refractivity contribution in [1.29, 1.82) is 0 Å². The molecule has 1 aromatic rings. The van der Waals surface area contributed by atoms with E-state index in [1.165, 1.54) is 0 Å². The second-order valence-electron chi connectivity index (χ2n) is 4.53. The first kappa shape index (κ1) is 14.7. The van der Waals surface area contributed by atoms with E-state index >= 15 is 0 Å². The number of rotatable bonds is 8. The van der Waals surface area contributed by atoms with E-state index in [1.54, 1.807) is 7.11 Å². The average molecular weight is 252 g/mol. The van der Waals surface area contributed by atoms with Gasteiger partial charge in [0.15, 0.2) is 0 Å². The molecule has 18 heavy (non-hydrogen) atoms. The van der Waals surface area contributed by atoms with E-state index in [0.717, 1.165) is 24.3 Å². The molecule has 0 aliphatic heterocycles. The predicted octanol–water partition coefficient (Wildman–Crippen LogP) is 1.31. The highest BCUT2D eigenvalue weighted by molar-refractivity contribution is 5.48. The van der Waals surface area contributed by atoms with Crippen LogP contribution < -0.4 is 16.0 Å². The van der Waals surface area contributed by atoms with Crippen LogP contribution in [0.25, 0.3) is 0 Å². The lowest BCUT2D eigenvalue weighted by molar-refractivity contribution is 0.182. The maximum absolute atomic E-state index is 5.53. The Morgan fingerprint density at radius 3 is 2.72 bits per heavy atom. The maximum Gasteiger partial charge on any atom is 0.128 e. The molecule has 0 fully saturated rings. The highest BCUT2D eigenvalue weighted by atomic mass is 16.5. The van der Waals surface area contributed by atoms with Crippen LogP contribution in [-0.4, -0.2) is 45.4 Å². The van der Waals surface area contributed by atoms with Gasteiger partial charge in [-0.25, -0.2) is 4.98 Å². The van der Waals surface area contributed by atoms with Gasteiger partial charge in [0.1, 0.15) is 5.82 Å². The van der Waals surface area contributed by atoms with Crippen LogP contribution in [0.3, 0.4) is 0 Å². The monoisotopic (exact) mass is 252 g/mol. The number of ether oxygens (including phenoxy) is 1. The Labute approximate surface area is 109 Å². The van der Waals surface area contributed by atoms with Gasteiger partial charge < -0.3 is 20.7 Å². The normalized spacial score (nSPS) is 12.2. The van der Waals surface area contributed by atoms with Crippen LogP contribution in [0, 0.1) is 0 Å². The summed E-state index contributed by atoms with van der Waals surface area (Å²) in [6, 6.07) is 4.31. The minimum atomic E-state index is 0.283. The number of aromatic nitrogens is 1. The second kappa shape index (κ2) is 7.89. The summed E-state index contributed by atoms with van der Waals surface area (Å²) in [5.41, 5.74) is 6.55. The summed E-state index contributed by atoms with van der Waals surface area (Å²) in [6.07, 6.45) is 3.84. The minimum Gasteiger partial charge on any atom is -0.383 e. The summed E-state index contributed by atoms with van der Waals surface area (Å²) >= 11 is 0. The molecule has 0 aliphatic rings. The lowest BCUT2D eigenvalue weighted by atomic mass is 10.1. The highest BCUT2D eigenvalue weighted by Gasteiger charge is 2.08. The lowest BCUT2D eigenvalue weighted by Gasteiger charge is -2.19. The molecule has 0 aromatic carbocycles. The van der Waals surface area contributed by atoms with E-state index in [9.17, 15) is 0 Å². The Kier molecular flexibility index (Phi) is 6.46. The Hall–Kier alpha value is -1.33. The molecule has 1 unspecified atom stereocenters. The Morgan fingerprint density at radius 1 is 1.44 bits per heavy atom. The third-order valence-corrected chi connectivity index (χ3v) is 2.70. The van der Waals surface area contributed by atoms with Crippen LogP contribution in [0.1, 0.15) is 12.8 Å². The topological polar surface area (TPSA) is 63.4 Å². The van der Waals surface area contributed by atoms with Crippen LogP contribution >= 0.6 is 0 Å². The number of nitrogens with two attached hydrogens (primary N) is 1. The van der Waals surface area contributed by atoms with Crippen molar-refractivity contribution in [2.45, 2.75) is 18.9 Å². The molecule has 0 saturated carbocycles. The standard InChI is InChI=1S/C13H24N4O/c1-17(2)13-7-6-11(9-15-13)16-12(10-18-3)5-4-8-14/h6-7,9,12,16H,4-5,8,10,14H2,1-3H3. The van der Waals surface area contributed by atoms with E-state index in [-0.39, 0.29) is 6.04 Å². The van der Waals surface area contributed by atoms with Gasteiger partial charge in [-0.15, -0.1) is 0 Å². The van der Waals surface area contributed by atoms with E-state index in [4.69, 9.17) is 10.5 Å². The number of hydrogen-bond acceptors (Lipinski definition) is 5. The fourth-order valence-corrected chi connectivity index (χ4v) is 1.73. The molecule has 1 aromatic heterocycles. The summed E-state index contributed by atoms with van der Waals surface area (Å²) in [4.78, 5) is 6.35. The summed E-state index contributed by atoms with van der Waals surface area (Å²) < 4.78 is 5.20. The second-order valence-corrected chi connectivity index (χ2v) is 4.53. The molecule has 1 rings (SSSR count). The number of methoxy groups -OCH3 is 1. The van der Waals surface area contributed by atoms with Crippen molar-refractivity contribution < 1.29 is 4.74 Å². The molecular weight excluding hydrogens is 228 g/mol. The number of nitrogens with one attached hydrogen (secondary N) is 1. The van der Waals surface area contributed by atoms with Gasteiger partial charge in [-0.3, -0.25) is 0 Å². The van der Waals surface area contributed by atoms with Gasteiger partial charge in [0, 0.05) is 27.2 Å². The van der Waals surface area contributed by atoms with Gasteiger partial charge in [-0.2, -0.15) is 0 Å². The molecule has 3 N–H and O–H groups in total. The lowest BCUT2D eigenvalue weighted by Crippen LogP contribution is -2.26. The number of nitrogens with zero attached hydrogens (tertiary/aromatic N) is 2.